The number of rotatable bonds is 3. The second-order valence-electron chi connectivity index (χ2n) is 2.41. The molecule has 0 radical (unpaired) electrons. The van der Waals surface area contributed by atoms with Crippen molar-refractivity contribution in [3.05, 3.63) is 30.3 Å². The number of para-hydroxylation sites is 1. The van der Waals surface area contributed by atoms with Gasteiger partial charge in [0.1, 0.15) is 5.75 Å². The molecule has 1 rings (SSSR count). The van der Waals surface area contributed by atoms with Crippen LogP contribution < -0.4 is 4.74 Å². The SMILES string of the molecule is C[C@@H](Oc1ccccc1)C(=O)O. The Balaban J connectivity index is 2.58. The van der Waals surface area contributed by atoms with Crippen LogP contribution in [0, 0.1) is 0 Å². The molecule has 1 atom stereocenters. The van der Waals surface area contributed by atoms with E-state index in [4.69, 9.17) is 9.84 Å². The van der Waals surface area contributed by atoms with Crippen molar-refractivity contribution in [3.63, 3.8) is 0 Å². The van der Waals surface area contributed by atoms with E-state index in [1.165, 1.54) is 6.92 Å². The number of hydrogen-bond donors (Lipinski definition) is 1. The molecule has 64 valence electrons. The minimum atomic E-state index is -0.959. The van der Waals surface area contributed by atoms with Gasteiger partial charge in [0.15, 0.2) is 6.10 Å². The number of aliphatic carboxylic acids is 1. The summed E-state index contributed by atoms with van der Waals surface area (Å²) < 4.78 is 5.08. The lowest BCUT2D eigenvalue weighted by molar-refractivity contribution is -0.144. The van der Waals surface area contributed by atoms with E-state index in [-0.39, 0.29) is 0 Å². The van der Waals surface area contributed by atoms with Gasteiger partial charge in [-0.1, -0.05) is 18.2 Å². The van der Waals surface area contributed by atoms with Crippen LogP contribution in [-0.2, 0) is 4.79 Å². The largest absolute Gasteiger partial charge is 0.479 e. The van der Waals surface area contributed by atoms with Crippen LogP contribution in [-0.4, -0.2) is 17.2 Å². The highest BCUT2D eigenvalue weighted by Gasteiger charge is 2.11. The molecule has 1 N–H and O–H groups in total. The van der Waals surface area contributed by atoms with Crippen molar-refractivity contribution >= 4 is 5.97 Å². The zero-order valence-electron chi connectivity index (χ0n) is 6.73. The Hall–Kier alpha value is -1.51. The minimum absolute atomic E-state index is 0.576. The lowest BCUT2D eigenvalue weighted by atomic mass is 10.3. The van der Waals surface area contributed by atoms with Crippen LogP contribution >= 0.6 is 0 Å². The fourth-order valence-corrected chi connectivity index (χ4v) is 0.754. The first-order valence-electron chi connectivity index (χ1n) is 3.64. The van der Waals surface area contributed by atoms with Crippen molar-refractivity contribution in [1.82, 2.24) is 0 Å². The highest BCUT2D eigenvalue weighted by Crippen LogP contribution is 2.10. The topological polar surface area (TPSA) is 46.5 Å². The third-order valence-electron chi connectivity index (χ3n) is 1.40. The van der Waals surface area contributed by atoms with Gasteiger partial charge in [-0.25, -0.2) is 4.79 Å². The Morgan fingerprint density at radius 3 is 2.50 bits per heavy atom. The molecular formula is C9H10O3. The van der Waals surface area contributed by atoms with Gasteiger partial charge in [-0.15, -0.1) is 0 Å². The molecule has 0 aliphatic heterocycles. The fraction of sp³-hybridized carbons (Fsp3) is 0.222. The van der Waals surface area contributed by atoms with Crippen LogP contribution in [0.5, 0.6) is 5.75 Å². The summed E-state index contributed by atoms with van der Waals surface area (Å²) in [5.74, 6) is -0.383. The van der Waals surface area contributed by atoms with Crippen molar-refractivity contribution in [3.8, 4) is 5.75 Å². The van der Waals surface area contributed by atoms with E-state index >= 15 is 0 Å². The Morgan fingerprint density at radius 2 is 2.00 bits per heavy atom. The molecule has 0 bridgehead atoms. The molecule has 0 heterocycles. The Morgan fingerprint density at radius 1 is 1.42 bits per heavy atom. The molecule has 1 aromatic carbocycles. The van der Waals surface area contributed by atoms with E-state index in [2.05, 4.69) is 0 Å². The third-order valence-corrected chi connectivity index (χ3v) is 1.40. The van der Waals surface area contributed by atoms with E-state index in [0.717, 1.165) is 0 Å². The van der Waals surface area contributed by atoms with Gasteiger partial charge >= 0.3 is 5.97 Å². The number of carboxylic acid groups (broad SMARTS) is 1. The quantitative estimate of drug-likeness (QED) is 0.740. The average molecular weight is 166 g/mol. The molecule has 3 heteroatoms. The summed E-state index contributed by atoms with van der Waals surface area (Å²) in [6.07, 6.45) is -0.799. The maximum absolute atomic E-state index is 10.4. The van der Waals surface area contributed by atoms with Crippen LogP contribution in [0.2, 0.25) is 0 Å². The summed E-state index contributed by atoms with van der Waals surface area (Å²) >= 11 is 0. The van der Waals surface area contributed by atoms with Gasteiger partial charge in [-0.05, 0) is 19.1 Å². The Bertz CT molecular complexity index is 256. The van der Waals surface area contributed by atoms with E-state index in [1.54, 1.807) is 24.3 Å². The predicted molar refractivity (Wildman–Crippen MR) is 44.2 cm³/mol. The number of carboxylic acids is 1. The van der Waals surface area contributed by atoms with Crippen LogP contribution in [0.4, 0.5) is 0 Å². The van der Waals surface area contributed by atoms with Crippen molar-refractivity contribution in [1.29, 1.82) is 0 Å². The molecule has 0 aliphatic rings. The normalized spacial score (nSPS) is 12.1. The number of hydrogen-bond acceptors (Lipinski definition) is 2. The van der Waals surface area contributed by atoms with Crippen molar-refractivity contribution in [2.24, 2.45) is 0 Å². The molecule has 3 nitrogen and oxygen atoms in total. The van der Waals surface area contributed by atoms with Gasteiger partial charge in [0, 0.05) is 0 Å². The zero-order chi connectivity index (χ0) is 8.97. The summed E-state index contributed by atoms with van der Waals surface area (Å²) in [5, 5.41) is 8.52. The number of benzene rings is 1. The lowest BCUT2D eigenvalue weighted by Crippen LogP contribution is -2.22. The van der Waals surface area contributed by atoms with Crippen molar-refractivity contribution < 1.29 is 14.6 Å². The highest BCUT2D eigenvalue weighted by molar-refractivity contribution is 5.72. The summed E-state index contributed by atoms with van der Waals surface area (Å²) in [4.78, 5) is 10.4. The standard InChI is InChI=1S/C9H10O3/c1-7(9(10)11)12-8-5-3-2-4-6-8/h2-7H,1H3,(H,10,11)/t7-/m1/s1. The zero-order valence-corrected chi connectivity index (χ0v) is 6.73. The lowest BCUT2D eigenvalue weighted by Gasteiger charge is -2.09. The average Bonchev–Trinajstić information content (AvgIpc) is 2.06. The maximum Gasteiger partial charge on any atom is 0.344 e. The molecular weight excluding hydrogens is 156 g/mol. The van der Waals surface area contributed by atoms with Gasteiger partial charge in [-0.3, -0.25) is 0 Å². The molecule has 0 aromatic heterocycles. The summed E-state index contributed by atoms with van der Waals surface area (Å²) in [5.41, 5.74) is 0. The maximum atomic E-state index is 10.4. The third kappa shape index (κ3) is 2.27. The number of carbonyl (C=O) groups is 1. The van der Waals surface area contributed by atoms with Gasteiger partial charge in [0.05, 0.1) is 0 Å². The first kappa shape index (κ1) is 8.59. The van der Waals surface area contributed by atoms with E-state index in [1.807, 2.05) is 6.07 Å². The second kappa shape index (κ2) is 3.76. The van der Waals surface area contributed by atoms with Crippen LogP contribution in [0.1, 0.15) is 6.92 Å². The van der Waals surface area contributed by atoms with Gasteiger partial charge in [0.2, 0.25) is 0 Å². The van der Waals surface area contributed by atoms with E-state index in [0.29, 0.717) is 5.75 Å². The second-order valence-corrected chi connectivity index (χ2v) is 2.41. The van der Waals surface area contributed by atoms with Crippen molar-refractivity contribution in [2.45, 2.75) is 13.0 Å². The molecule has 1 aromatic rings. The van der Waals surface area contributed by atoms with Gasteiger partial charge < -0.3 is 9.84 Å². The monoisotopic (exact) mass is 166 g/mol. The van der Waals surface area contributed by atoms with E-state index < -0.39 is 12.1 Å². The predicted octanol–water partition coefficient (Wildman–Crippen LogP) is 1.54. The number of ether oxygens (including phenoxy) is 1. The van der Waals surface area contributed by atoms with Gasteiger partial charge in [0.25, 0.3) is 0 Å². The summed E-state index contributed by atoms with van der Waals surface area (Å²) in [7, 11) is 0. The smallest absolute Gasteiger partial charge is 0.344 e. The molecule has 0 spiro atoms. The highest BCUT2D eigenvalue weighted by atomic mass is 16.5. The minimum Gasteiger partial charge on any atom is -0.479 e. The van der Waals surface area contributed by atoms with Gasteiger partial charge in [-0.2, -0.15) is 0 Å². The fourth-order valence-electron chi connectivity index (χ4n) is 0.754. The summed E-state index contributed by atoms with van der Waals surface area (Å²) in [6, 6.07) is 8.88. The molecule has 0 fully saturated rings. The molecule has 0 amide bonds. The van der Waals surface area contributed by atoms with Crippen LogP contribution in [0.3, 0.4) is 0 Å². The first-order valence-corrected chi connectivity index (χ1v) is 3.64. The molecule has 0 aliphatic carbocycles. The molecule has 12 heavy (non-hydrogen) atoms. The van der Waals surface area contributed by atoms with Crippen LogP contribution in [0.25, 0.3) is 0 Å². The summed E-state index contributed by atoms with van der Waals surface area (Å²) in [6.45, 7) is 1.50. The molecule has 0 unspecified atom stereocenters. The van der Waals surface area contributed by atoms with Crippen molar-refractivity contribution in [2.75, 3.05) is 0 Å². The first-order chi connectivity index (χ1) is 5.70. The molecule has 0 saturated carbocycles. The Labute approximate surface area is 70.6 Å². The van der Waals surface area contributed by atoms with Crippen LogP contribution in [0.15, 0.2) is 30.3 Å². The van der Waals surface area contributed by atoms with E-state index in [9.17, 15) is 4.79 Å². The Kier molecular flexibility index (Phi) is 2.69. The molecule has 0 saturated heterocycles.